The molecule has 0 aromatic carbocycles. The lowest BCUT2D eigenvalue weighted by molar-refractivity contribution is 0.264. The lowest BCUT2D eigenvalue weighted by Crippen LogP contribution is -2.37. The van der Waals surface area contributed by atoms with Gasteiger partial charge >= 0.3 is 0 Å². The molecule has 1 nitrogen and oxygen atoms in total. The van der Waals surface area contributed by atoms with Crippen LogP contribution in [-0.4, -0.2) is 12.6 Å². The van der Waals surface area contributed by atoms with Crippen molar-refractivity contribution in [2.45, 2.75) is 64.3 Å². The lowest BCUT2D eigenvalue weighted by atomic mass is 9.85. The fraction of sp³-hybridized carbons (Fsp3) is 1.00. The largest absolute Gasteiger partial charge is 0.314 e. The van der Waals surface area contributed by atoms with Crippen LogP contribution in [0.2, 0.25) is 0 Å². The van der Waals surface area contributed by atoms with E-state index in [9.17, 15) is 0 Å². The van der Waals surface area contributed by atoms with Crippen molar-refractivity contribution in [3.8, 4) is 0 Å². The standard InChI is InChI=1S/C15H27N/c1-11-2-6-15(7-3-11)16-10-14-9-12-4-5-13(14)8-12/h11-16H,2-10H2,1H3. The van der Waals surface area contributed by atoms with Crippen molar-refractivity contribution in [2.75, 3.05) is 6.54 Å². The van der Waals surface area contributed by atoms with Gasteiger partial charge in [-0.2, -0.15) is 0 Å². The summed E-state index contributed by atoms with van der Waals surface area (Å²) in [7, 11) is 0. The van der Waals surface area contributed by atoms with Crippen LogP contribution in [-0.2, 0) is 0 Å². The van der Waals surface area contributed by atoms with Crippen LogP contribution < -0.4 is 5.32 Å². The molecule has 1 heteroatoms. The van der Waals surface area contributed by atoms with E-state index in [0.29, 0.717) is 0 Å². The molecule has 3 aliphatic carbocycles. The van der Waals surface area contributed by atoms with E-state index in [1.165, 1.54) is 32.2 Å². The zero-order valence-corrected chi connectivity index (χ0v) is 10.8. The first-order valence-corrected chi connectivity index (χ1v) is 7.54. The topological polar surface area (TPSA) is 12.0 Å². The maximum atomic E-state index is 3.87. The zero-order valence-electron chi connectivity index (χ0n) is 10.8. The molecule has 0 spiro atoms. The quantitative estimate of drug-likeness (QED) is 0.768. The van der Waals surface area contributed by atoms with Gasteiger partial charge in [-0.25, -0.2) is 0 Å². The summed E-state index contributed by atoms with van der Waals surface area (Å²) in [6.45, 7) is 3.74. The number of hydrogen-bond donors (Lipinski definition) is 1. The van der Waals surface area contributed by atoms with E-state index in [1.54, 1.807) is 25.7 Å². The minimum atomic E-state index is 0.857. The first kappa shape index (κ1) is 11.1. The monoisotopic (exact) mass is 221 g/mol. The van der Waals surface area contributed by atoms with Crippen LogP contribution in [0.25, 0.3) is 0 Å². The summed E-state index contributed by atoms with van der Waals surface area (Å²) in [5.41, 5.74) is 0. The molecule has 0 aromatic rings. The number of nitrogens with one attached hydrogen (secondary N) is 1. The van der Waals surface area contributed by atoms with Gasteiger partial charge in [0.15, 0.2) is 0 Å². The van der Waals surface area contributed by atoms with E-state index in [-0.39, 0.29) is 0 Å². The number of hydrogen-bond acceptors (Lipinski definition) is 1. The molecule has 3 unspecified atom stereocenters. The first-order chi connectivity index (χ1) is 7.81. The summed E-state index contributed by atoms with van der Waals surface area (Å²) in [4.78, 5) is 0. The number of fused-ring (bicyclic) bond motifs is 2. The molecule has 2 bridgehead atoms. The molecule has 0 aromatic heterocycles. The summed E-state index contributed by atoms with van der Waals surface area (Å²) in [6, 6.07) is 0.857. The maximum Gasteiger partial charge on any atom is 0.00673 e. The van der Waals surface area contributed by atoms with Crippen molar-refractivity contribution >= 4 is 0 Å². The van der Waals surface area contributed by atoms with E-state index in [2.05, 4.69) is 12.2 Å². The molecule has 0 amide bonds. The Bertz CT molecular complexity index is 230. The lowest BCUT2D eigenvalue weighted by Gasteiger charge is -2.30. The van der Waals surface area contributed by atoms with Gasteiger partial charge in [0.2, 0.25) is 0 Å². The molecule has 0 heterocycles. The summed E-state index contributed by atoms with van der Waals surface area (Å²) >= 11 is 0. The van der Waals surface area contributed by atoms with Crippen molar-refractivity contribution in [1.82, 2.24) is 5.32 Å². The molecule has 16 heavy (non-hydrogen) atoms. The van der Waals surface area contributed by atoms with Gasteiger partial charge in [0.05, 0.1) is 0 Å². The fourth-order valence-electron chi connectivity index (χ4n) is 4.41. The summed E-state index contributed by atoms with van der Waals surface area (Å²) in [5.74, 6) is 4.24. The highest BCUT2D eigenvalue weighted by Gasteiger charge is 2.39. The minimum Gasteiger partial charge on any atom is -0.314 e. The van der Waals surface area contributed by atoms with Crippen LogP contribution in [0, 0.1) is 23.7 Å². The van der Waals surface area contributed by atoms with E-state index < -0.39 is 0 Å². The third-order valence-electron chi connectivity index (χ3n) is 5.57. The molecular formula is C15H27N. The van der Waals surface area contributed by atoms with Crippen molar-refractivity contribution in [1.29, 1.82) is 0 Å². The third kappa shape index (κ3) is 2.30. The predicted molar refractivity (Wildman–Crippen MR) is 68.4 cm³/mol. The molecule has 3 saturated carbocycles. The Labute approximate surface area is 100 Å². The normalized spacial score (nSPS) is 47.4. The third-order valence-corrected chi connectivity index (χ3v) is 5.57. The summed E-state index contributed by atoms with van der Waals surface area (Å²) < 4.78 is 0. The Balaban J connectivity index is 1.40. The molecule has 92 valence electrons. The number of rotatable bonds is 3. The second-order valence-corrected chi connectivity index (χ2v) is 6.80. The van der Waals surface area contributed by atoms with Gasteiger partial charge in [-0.1, -0.05) is 13.3 Å². The van der Waals surface area contributed by atoms with Crippen molar-refractivity contribution in [3.63, 3.8) is 0 Å². The van der Waals surface area contributed by atoms with Crippen molar-refractivity contribution < 1.29 is 0 Å². The Morgan fingerprint density at radius 1 is 0.938 bits per heavy atom. The van der Waals surface area contributed by atoms with Crippen LogP contribution >= 0.6 is 0 Å². The minimum absolute atomic E-state index is 0.857. The fourth-order valence-corrected chi connectivity index (χ4v) is 4.41. The van der Waals surface area contributed by atoms with E-state index in [1.807, 2.05) is 0 Å². The molecule has 3 fully saturated rings. The van der Waals surface area contributed by atoms with Crippen LogP contribution in [0.4, 0.5) is 0 Å². The summed E-state index contributed by atoms with van der Waals surface area (Å²) in [6.07, 6.45) is 12.0. The molecule has 0 saturated heterocycles. The van der Waals surface area contributed by atoms with Crippen molar-refractivity contribution in [3.05, 3.63) is 0 Å². The molecule has 3 atom stereocenters. The highest BCUT2D eigenvalue weighted by Crippen LogP contribution is 2.48. The molecule has 0 radical (unpaired) electrons. The predicted octanol–water partition coefficient (Wildman–Crippen LogP) is 3.59. The molecule has 3 rings (SSSR count). The molecule has 0 aliphatic heterocycles. The Hall–Kier alpha value is -0.0400. The molecule has 3 aliphatic rings. The van der Waals surface area contributed by atoms with Gasteiger partial charge in [0.25, 0.3) is 0 Å². The van der Waals surface area contributed by atoms with E-state index >= 15 is 0 Å². The van der Waals surface area contributed by atoms with Gasteiger partial charge in [-0.05, 0) is 75.2 Å². The Morgan fingerprint density at radius 2 is 1.75 bits per heavy atom. The van der Waals surface area contributed by atoms with E-state index in [0.717, 1.165) is 29.7 Å². The van der Waals surface area contributed by atoms with Crippen LogP contribution in [0.1, 0.15) is 58.3 Å². The van der Waals surface area contributed by atoms with Crippen LogP contribution in [0.3, 0.4) is 0 Å². The van der Waals surface area contributed by atoms with Crippen molar-refractivity contribution in [2.24, 2.45) is 23.7 Å². The Kier molecular flexibility index (Phi) is 3.24. The smallest absolute Gasteiger partial charge is 0.00673 e. The highest BCUT2D eigenvalue weighted by molar-refractivity contribution is 4.91. The summed E-state index contributed by atoms with van der Waals surface area (Å²) in [5, 5.41) is 3.87. The second-order valence-electron chi connectivity index (χ2n) is 6.80. The first-order valence-electron chi connectivity index (χ1n) is 7.54. The zero-order chi connectivity index (χ0) is 11.0. The average molecular weight is 221 g/mol. The van der Waals surface area contributed by atoms with E-state index in [4.69, 9.17) is 0 Å². The average Bonchev–Trinajstić information content (AvgIpc) is 2.90. The van der Waals surface area contributed by atoms with Gasteiger partial charge in [0.1, 0.15) is 0 Å². The van der Waals surface area contributed by atoms with Gasteiger partial charge in [-0.15, -0.1) is 0 Å². The Morgan fingerprint density at radius 3 is 2.38 bits per heavy atom. The second kappa shape index (κ2) is 4.68. The SMILES string of the molecule is CC1CCC(NCC2CC3CCC2C3)CC1. The molecular weight excluding hydrogens is 194 g/mol. The highest BCUT2D eigenvalue weighted by atomic mass is 14.9. The van der Waals surface area contributed by atoms with Gasteiger partial charge in [0, 0.05) is 6.04 Å². The molecule has 1 N–H and O–H groups in total. The maximum absolute atomic E-state index is 3.87. The van der Waals surface area contributed by atoms with Gasteiger partial charge in [-0.3, -0.25) is 0 Å². The van der Waals surface area contributed by atoms with Crippen LogP contribution in [0.5, 0.6) is 0 Å². The van der Waals surface area contributed by atoms with Gasteiger partial charge < -0.3 is 5.32 Å². The van der Waals surface area contributed by atoms with Crippen LogP contribution in [0.15, 0.2) is 0 Å².